The number of carbonyl (C=O) groups excluding carboxylic acids is 1. The van der Waals surface area contributed by atoms with Crippen LogP contribution in [0.15, 0.2) is 22.7 Å². The quantitative estimate of drug-likeness (QED) is 0.881. The van der Waals surface area contributed by atoms with Crippen LogP contribution in [-0.2, 0) is 0 Å². The van der Waals surface area contributed by atoms with Gasteiger partial charge < -0.3 is 11.1 Å². The summed E-state index contributed by atoms with van der Waals surface area (Å²) in [6.45, 7) is 2.08. The summed E-state index contributed by atoms with van der Waals surface area (Å²) in [7, 11) is 0. The second kappa shape index (κ2) is 5.23. The van der Waals surface area contributed by atoms with Crippen LogP contribution in [0.25, 0.3) is 0 Å². The van der Waals surface area contributed by atoms with Gasteiger partial charge in [-0.3, -0.25) is 4.79 Å². The van der Waals surface area contributed by atoms with Crippen molar-refractivity contribution in [3.8, 4) is 0 Å². The van der Waals surface area contributed by atoms with E-state index in [1.165, 1.54) is 12.1 Å². The zero-order valence-corrected chi connectivity index (χ0v) is 9.84. The fraction of sp³-hybridized carbons (Fsp3) is 0.300. The molecule has 1 atom stereocenters. The number of nitrogens with one attached hydrogen (secondary N) is 1. The first-order valence-corrected chi connectivity index (χ1v) is 5.30. The Morgan fingerprint density at radius 3 is 2.93 bits per heavy atom. The molecule has 3 N–H and O–H groups in total. The van der Waals surface area contributed by atoms with E-state index in [1.54, 1.807) is 13.0 Å². The van der Waals surface area contributed by atoms with Crippen LogP contribution in [-0.4, -0.2) is 18.5 Å². The van der Waals surface area contributed by atoms with Crippen LogP contribution in [0.5, 0.6) is 0 Å². The van der Waals surface area contributed by atoms with Crippen LogP contribution in [0.1, 0.15) is 17.3 Å². The Hall–Kier alpha value is -0.940. The van der Waals surface area contributed by atoms with Crippen LogP contribution in [0.3, 0.4) is 0 Å². The second-order valence-corrected chi connectivity index (χ2v) is 4.15. The van der Waals surface area contributed by atoms with Crippen LogP contribution < -0.4 is 11.1 Å². The molecular weight excluding hydrogens is 263 g/mol. The molecule has 0 saturated carbocycles. The smallest absolute Gasteiger partial charge is 0.254 e. The summed E-state index contributed by atoms with van der Waals surface area (Å²) in [5.41, 5.74) is 5.37. The SMILES string of the molecule is CC(CN)NC(=O)c1cc(Br)ccc1F. The van der Waals surface area contributed by atoms with E-state index in [2.05, 4.69) is 21.2 Å². The first-order valence-electron chi connectivity index (χ1n) is 4.50. The van der Waals surface area contributed by atoms with E-state index in [1.807, 2.05) is 0 Å². The van der Waals surface area contributed by atoms with Gasteiger partial charge in [0.05, 0.1) is 5.56 Å². The summed E-state index contributed by atoms with van der Waals surface area (Å²) in [5.74, 6) is -0.994. The minimum Gasteiger partial charge on any atom is -0.348 e. The van der Waals surface area contributed by atoms with E-state index >= 15 is 0 Å². The van der Waals surface area contributed by atoms with Gasteiger partial charge in [-0.2, -0.15) is 0 Å². The molecule has 82 valence electrons. The van der Waals surface area contributed by atoms with E-state index < -0.39 is 11.7 Å². The Bertz CT molecular complexity index is 370. The minimum atomic E-state index is -0.542. The molecule has 3 nitrogen and oxygen atoms in total. The highest BCUT2D eigenvalue weighted by Crippen LogP contribution is 2.15. The van der Waals surface area contributed by atoms with E-state index in [0.29, 0.717) is 11.0 Å². The summed E-state index contributed by atoms with van der Waals surface area (Å²) in [6.07, 6.45) is 0. The average Bonchev–Trinajstić information content (AvgIpc) is 2.21. The lowest BCUT2D eigenvalue weighted by molar-refractivity contribution is 0.0937. The van der Waals surface area contributed by atoms with Gasteiger partial charge in [-0.25, -0.2) is 4.39 Å². The highest BCUT2D eigenvalue weighted by atomic mass is 79.9. The van der Waals surface area contributed by atoms with Gasteiger partial charge in [0.1, 0.15) is 5.82 Å². The van der Waals surface area contributed by atoms with Crippen molar-refractivity contribution in [2.75, 3.05) is 6.54 Å². The minimum absolute atomic E-state index is 0.0182. The molecule has 0 fully saturated rings. The fourth-order valence-electron chi connectivity index (χ4n) is 1.03. The number of nitrogens with two attached hydrogens (primary N) is 1. The maximum absolute atomic E-state index is 13.3. The number of rotatable bonds is 3. The fourth-order valence-corrected chi connectivity index (χ4v) is 1.39. The third-order valence-electron chi connectivity index (χ3n) is 1.90. The molecule has 0 radical (unpaired) electrons. The van der Waals surface area contributed by atoms with Gasteiger partial charge in [0.25, 0.3) is 5.91 Å². The standard InChI is InChI=1S/C10H12BrFN2O/c1-6(5-13)14-10(15)8-4-7(11)2-3-9(8)12/h2-4,6H,5,13H2,1H3,(H,14,15). The maximum Gasteiger partial charge on any atom is 0.254 e. The molecule has 5 heteroatoms. The van der Waals surface area contributed by atoms with Crippen molar-refractivity contribution in [2.45, 2.75) is 13.0 Å². The van der Waals surface area contributed by atoms with Gasteiger partial charge in [0.2, 0.25) is 0 Å². The molecule has 1 aromatic carbocycles. The normalized spacial score (nSPS) is 12.3. The van der Waals surface area contributed by atoms with Gasteiger partial charge >= 0.3 is 0 Å². The first-order chi connectivity index (χ1) is 7.04. The van der Waals surface area contributed by atoms with Crippen molar-refractivity contribution < 1.29 is 9.18 Å². The lowest BCUT2D eigenvalue weighted by Crippen LogP contribution is -2.38. The Balaban J connectivity index is 2.86. The van der Waals surface area contributed by atoms with E-state index in [9.17, 15) is 9.18 Å². The number of hydrogen-bond acceptors (Lipinski definition) is 2. The molecule has 0 aliphatic carbocycles. The number of hydrogen-bond donors (Lipinski definition) is 2. The highest BCUT2D eigenvalue weighted by molar-refractivity contribution is 9.10. The predicted octanol–water partition coefficient (Wildman–Crippen LogP) is 1.67. The molecule has 0 spiro atoms. The molecule has 1 unspecified atom stereocenters. The molecule has 0 aliphatic heterocycles. The molecule has 1 aromatic rings. The van der Waals surface area contributed by atoms with Crippen molar-refractivity contribution in [1.82, 2.24) is 5.32 Å². The van der Waals surface area contributed by atoms with Crippen LogP contribution in [0.2, 0.25) is 0 Å². The Morgan fingerprint density at radius 2 is 2.33 bits per heavy atom. The van der Waals surface area contributed by atoms with Crippen LogP contribution in [0.4, 0.5) is 4.39 Å². The molecule has 0 bridgehead atoms. The maximum atomic E-state index is 13.3. The zero-order valence-electron chi connectivity index (χ0n) is 8.26. The predicted molar refractivity (Wildman–Crippen MR) is 60.1 cm³/mol. The summed E-state index contributed by atoms with van der Waals surface area (Å²) < 4.78 is 13.9. The van der Waals surface area contributed by atoms with Gasteiger partial charge in [0.15, 0.2) is 0 Å². The second-order valence-electron chi connectivity index (χ2n) is 3.23. The largest absolute Gasteiger partial charge is 0.348 e. The molecule has 15 heavy (non-hydrogen) atoms. The summed E-state index contributed by atoms with van der Waals surface area (Å²) in [4.78, 5) is 11.6. The topological polar surface area (TPSA) is 55.1 Å². The van der Waals surface area contributed by atoms with E-state index in [-0.39, 0.29) is 11.6 Å². The van der Waals surface area contributed by atoms with Gasteiger partial charge in [-0.05, 0) is 25.1 Å². The average molecular weight is 275 g/mol. The van der Waals surface area contributed by atoms with Crippen molar-refractivity contribution in [2.24, 2.45) is 5.73 Å². The Morgan fingerprint density at radius 1 is 1.67 bits per heavy atom. The molecular formula is C10H12BrFN2O. The van der Waals surface area contributed by atoms with E-state index in [4.69, 9.17) is 5.73 Å². The molecule has 0 saturated heterocycles. The van der Waals surface area contributed by atoms with Crippen molar-refractivity contribution in [1.29, 1.82) is 0 Å². The number of halogens is 2. The van der Waals surface area contributed by atoms with Crippen molar-refractivity contribution in [3.63, 3.8) is 0 Å². The van der Waals surface area contributed by atoms with Crippen LogP contribution >= 0.6 is 15.9 Å². The Labute approximate surface area is 96.0 Å². The third-order valence-corrected chi connectivity index (χ3v) is 2.40. The monoisotopic (exact) mass is 274 g/mol. The number of benzene rings is 1. The first kappa shape index (κ1) is 12.1. The highest BCUT2D eigenvalue weighted by Gasteiger charge is 2.13. The molecule has 1 amide bonds. The molecule has 0 aromatic heterocycles. The third kappa shape index (κ3) is 3.28. The lowest BCUT2D eigenvalue weighted by Gasteiger charge is -2.11. The van der Waals surface area contributed by atoms with Gasteiger partial charge in [-0.15, -0.1) is 0 Å². The molecule has 0 aliphatic rings. The Kier molecular flexibility index (Phi) is 4.23. The van der Waals surface area contributed by atoms with Gasteiger partial charge in [0, 0.05) is 17.1 Å². The van der Waals surface area contributed by atoms with E-state index in [0.717, 1.165) is 0 Å². The van der Waals surface area contributed by atoms with Crippen molar-refractivity contribution >= 4 is 21.8 Å². The number of carbonyl (C=O) groups is 1. The van der Waals surface area contributed by atoms with Crippen LogP contribution in [0, 0.1) is 5.82 Å². The summed E-state index contributed by atoms with van der Waals surface area (Å²) in [5, 5.41) is 2.59. The summed E-state index contributed by atoms with van der Waals surface area (Å²) >= 11 is 3.18. The number of amides is 1. The summed E-state index contributed by atoms with van der Waals surface area (Å²) in [6, 6.07) is 4.05. The molecule has 1 rings (SSSR count). The zero-order chi connectivity index (χ0) is 11.4. The van der Waals surface area contributed by atoms with Crippen molar-refractivity contribution in [3.05, 3.63) is 34.1 Å². The van der Waals surface area contributed by atoms with Gasteiger partial charge in [-0.1, -0.05) is 15.9 Å². The lowest BCUT2D eigenvalue weighted by atomic mass is 10.2. The molecule has 0 heterocycles.